The number of carbonyl (C=O) groups is 1. The molecule has 0 aliphatic carbocycles. The summed E-state index contributed by atoms with van der Waals surface area (Å²) >= 11 is 0. The van der Waals surface area contributed by atoms with Crippen LogP contribution in [0.25, 0.3) is 5.65 Å². The first-order chi connectivity index (χ1) is 10.7. The zero-order valence-electron chi connectivity index (χ0n) is 12.1. The van der Waals surface area contributed by atoms with Crippen LogP contribution < -0.4 is 14.8 Å². The molecular formula is C15H14N4O3. The molecule has 22 heavy (non-hydrogen) atoms. The van der Waals surface area contributed by atoms with E-state index in [2.05, 4.69) is 15.4 Å². The maximum atomic E-state index is 12.4. The largest absolute Gasteiger partial charge is 0.493 e. The lowest BCUT2D eigenvalue weighted by Gasteiger charge is -2.11. The Hall–Kier alpha value is -3.09. The number of amides is 1. The number of anilines is 1. The summed E-state index contributed by atoms with van der Waals surface area (Å²) in [6, 6.07) is 8.49. The number of hydrogen-bond acceptors (Lipinski definition) is 5. The lowest BCUT2D eigenvalue weighted by atomic mass is 10.2. The number of carbonyl (C=O) groups excluding carboxylic acids is 1. The summed E-state index contributed by atoms with van der Waals surface area (Å²) in [6.07, 6.45) is 3.16. The highest BCUT2D eigenvalue weighted by molar-refractivity contribution is 6.03. The lowest BCUT2D eigenvalue weighted by Crippen LogP contribution is -2.16. The second kappa shape index (κ2) is 5.72. The first kappa shape index (κ1) is 13.9. The van der Waals surface area contributed by atoms with Crippen LogP contribution in [-0.2, 0) is 0 Å². The molecule has 0 aliphatic rings. The monoisotopic (exact) mass is 298 g/mol. The zero-order chi connectivity index (χ0) is 15.5. The predicted molar refractivity (Wildman–Crippen MR) is 80.5 cm³/mol. The van der Waals surface area contributed by atoms with Crippen LogP contribution in [0.1, 0.15) is 10.5 Å². The van der Waals surface area contributed by atoms with Gasteiger partial charge in [0.05, 0.1) is 20.4 Å². The van der Waals surface area contributed by atoms with E-state index in [1.54, 1.807) is 56.9 Å². The number of hydrogen-bond donors (Lipinski definition) is 1. The van der Waals surface area contributed by atoms with E-state index < -0.39 is 0 Å². The third kappa shape index (κ3) is 2.44. The van der Waals surface area contributed by atoms with Crippen molar-refractivity contribution in [2.24, 2.45) is 0 Å². The molecule has 2 heterocycles. The summed E-state index contributed by atoms with van der Waals surface area (Å²) in [7, 11) is 3.10. The van der Waals surface area contributed by atoms with Gasteiger partial charge in [-0.3, -0.25) is 4.79 Å². The van der Waals surface area contributed by atoms with Crippen molar-refractivity contribution in [1.82, 2.24) is 14.6 Å². The van der Waals surface area contributed by atoms with E-state index in [0.717, 1.165) is 0 Å². The Balaban J connectivity index is 1.90. The van der Waals surface area contributed by atoms with E-state index in [4.69, 9.17) is 9.47 Å². The van der Waals surface area contributed by atoms with Gasteiger partial charge in [-0.1, -0.05) is 0 Å². The van der Waals surface area contributed by atoms with E-state index in [9.17, 15) is 4.79 Å². The summed E-state index contributed by atoms with van der Waals surface area (Å²) < 4.78 is 11.9. The molecule has 3 rings (SSSR count). The second-order valence-electron chi connectivity index (χ2n) is 4.46. The van der Waals surface area contributed by atoms with Gasteiger partial charge in [0, 0.05) is 24.0 Å². The number of methoxy groups -OCH3 is 2. The minimum absolute atomic E-state index is 0.289. The minimum atomic E-state index is -0.289. The molecule has 0 unspecified atom stereocenters. The lowest BCUT2D eigenvalue weighted by molar-refractivity contribution is 0.102. The maximum absolute atomic E-state index is 12.4. The normalized spacial score (nSPS) is 10.5. The van der Waals surface area contributed by atoms with E-state index in [1.165, 1.54) is 4.52 Å². The van der Waals surface area contributed by atoms with Gasteiger partial charge in [-0.05, 0) is 18.2 Å². The van der Waals surface area contributed by atoms with Crippen molar-refractivity contribution in [3.63, 3.8) is 0 Å². The zero-order valence-corrected chi connectivity index (χ0v) is 12.1. The van der Waals surface area contributed by atoms with Gasteiger partial charge in [0.1, 0.15) is 5.69 Å². The van der Waals surface area contributed by atoms with Crippen molar-refractivity contribution in [1.29, 1.82) is 0 Å². The van der Waals surface area contributed by atoms with E-state index in [-0.39, 0.29) is 5.91 Å². The smallest absolute Gasteiger partial charge is 0.274 e. The van der Waals surface area contributed by atoms with Gasteiger partial charge in [0.2, 0.25) is 0 Å². The summed E-state index contributed by atoms with van der Waals surface area (Å²) in [5, 5.41) is 6.89. The molecular weight excluding hydrogens is 284 g/mol. The molecule has 0 saturated carbocycles. The van der Waals surface area contributed by atoms with Crippen molar-refractivity contribution < 1.29 is 14.3 Å². The maximum Gasteiger partial charge on any atom is 0.274 e. The van der Waals surface area contributed by atoms with Crippen LogP contribution in [0.5, 0.6) is 11.5 Å². The van der Waals surface area contributed by atoms with Crippen LogP contribution in [0.3, 0.4) is 0 Å². The first-order valence-electron chi connectivity index (χ1n) is 6.55. The van der Waals surface area contributed by atoms with Gasteiger partial charge in [0.15, 0.2) is 17.1 Å². The van der Waals surface area contributed by atoms with E-state index >= 15 is 0 Å². The third-order valence-electron chi connectivity index (χ3n) is 3.16. The van der Waals surface area contributed by atoms with Crippen molar-refractivity contribution in [2.75, 3.05) is 19.5 Å². The standard InChI is InChI=1S/C15H14N4O3/c1-21-12-4-3-10(9-13(12)22-2)18-15(20)11-5-7-16-14-6-8-17-19(11)14/h3-9H,1-2H3,(H,18,20). The number of rotatable bonds is 4. The van der Waals surface area contributed by atoms with Crippen LogP contribution in [-0.4, -0.2) is 34.7 Å². The summed E-state index contributed by atoms with van der Waals surface area (Å²) in [6.45, 7) is 0. The topological polar surface area (TPSA) is 77.8 Å². The molecule has 0 aliphatic heterocycles. The number of aromatic nitrogens is 3. The highest BCUT2D eigenvalue weighted by Crippen LogP contribution is 2.29. The fourth-order valence-electron chi connectivity index (χ4n) is 2.12. The van der Waals surface area contributed by atoms with Crippen LogP contribution >= 0.6 is 0 Å². The fourth-order valence-corrected chi connectivity index (χ4v) is 2.12. The number of ether oxygens (including phenoxy) is 2. The Morgan fingerprint density at radius 3 is 2.68 bits per heavy atom. The van der Waals surface area contributed by atoms with Crippen molar-refractivity contribution in [3.8, 4) is 11.5 Å². The summed E-state index contributed by atoms with van der Waals surface area (Å²) in [5.41, 5.74) is 1.60. The SMILES string of the molecule is COc1ccc(NC(=O)c2ccnc3ccnn23)cc1OC. The third-order valence-corrected chi connectivity index (χ3v) is 3.16. The molecule has 0 atom stereocenters. The molecule has 0 bridgehead atoms. The van der Waals surface area contributed by atoms with E-state index in [0.29, 0.717) is 28.5 Å². The highest BCUT2D eigenvalue weighted by Gasteiger charge is 2.13. The number of benzene rings is 1. The van der Waals surface area contributed by atoms with E-state index in [1.807, 2.05) is 0 Å². The van der Waals surface area contributed by atoms with Gasteiger partial charge in [-0.2, -0.15) is 5.10 Å². The van der Waals surface area contributed by atoms with Gasteiger partial charge >= 0.3 is 0 Å². The molecule has 3 aromatic rings. The number of nitrogens with zero attached hydrogens (tertiary/aromatic N) is 3. The second-order valence-corrected chi connectivity index (χ2v) is 4.46. The van der Waals surface area contributed by atoms with Crippen LogP contribution in [0.2, 0.25) is 0 Å². The van der Waals surface area contributed by atoms with Crippen LogP contribution in [0.15, 0.2) is 42.7 Å². The van der Waals surface area contributed by atoms with Crippen LogP contribution in [0.4, 0.5) is 5.69 Å². The highest BCUT2D eigenvalue weighted by atomic mass is 16.5. The Bertz CT molecular complexity index is 829. The quantitative estimate of drug-likeness (QED) is 0.797. The van der Waals surface area contributed by atoms with Gasteiger partial charge < -0.3 is 14.8 Å². The Labute approximate surface area is 126 Å². The number of fused-ring (bicyclic) bond motifs is 1. The van der Waals surface area contributed by atoms with Gasteiger partial charge in [-0.25, -0.2) is 9.50 Å². The molecule has 112 valence electrons. The van der Waals surface area contributed by atoms with Crippen LogP contribution in [0, 0.1) is 0 Å². The minimum Gasteiger partial charge on any atom is -0.493 e. The molecule has 1 amide bonds. The Morgan fingerprint density at radius 2 is 1.91 bits per heavy atom. The Morgan fingerprint density at radius 1 is 1.09 bits per heavy atom. The van der Waals surface area contributed by atoms with Crippen molar-refractivity contribution in [3.05, 3.63) is 48.4 Å². The molecule has 0 fully saturated rings. The molecule has 7 nitrogen and oxygen atoms in total. The molecule has 1 aromatic carbocycles. The molecule has 0 radical (unpaired) electrons. The Kier molecular flexibility index (Phi) is 3.61. The molecule has 7 heteroatoms. The van der Waals surface area contributed by atoms with Gasteiger partial charge in [0.25, 0.3) is 5.91 Å². The van der Waals surface area contributed by atoms with Crippen molar-refractivity contribution in [2.45, 2.75) is 0 Å². The molecule has 2 aromatic heterocycles. The first-order valence-corrected chi connectivity index (χ1v) is 6.55. The predicted octanol–water partition coefficient (Wildman–Crippen LogP) is 2.00. The molecule has 1 N–H and O–H groups in total. The molecule has 0 saturated heterocycles. The van der Waals surface area contributed by atoms with Crippen molar-refractivity contribution >= 4 is 17.2 Å². The molecule has 0 spiro atoms. The average Bonchev–Trinajstić information content (AvgIpc) is 3.03. The number of nitrogens with one attached hydrogen (secondary N) is 1. The summed E-state index contributed by atoms with van der Waals surface area (Å²) in [4.78, 5) is 16.5. The average molecular weight is 298 g/mol. The van der Waals surface area contributed by atoms with Gasteiger partial charge in [-0.15, -0.1) is 0 Å². The summed E-state index contributed by atoms with van der Waals surface area (Å²) in [5.74, 6) is 0.849. The fraction of sp³-hybridized carbons (Fsp3) is 0.133.